The van der Waals surface area contributed by atoms with Gasteiger partial charge in [0, 0.05) is 0 Å². The number of carboxylic acids is 1. The molecule has 0 rings (SSSR count). The van der Waals surface area contributed by atoms with E-state index in [1.807, 2.05) is 0 Å². The van der Waals surface area contributed by atoms with E-state index in [2.05, 4.69) is 12.5 Å². The molecule has 0 heterocycles. The average Bonchev–Trinajstić information content (AvgIpc) is 1.35. The van der Waals surface area contributed by atoms with Crippen LogP contribution < -0.4 is 0 Å². The molecule has 0 aromatic rings. The number of rotatable bonds is 2. The van der Waals surface area contributed by atoms with Crippen molar-refractivity contribution in [3.63, 3.8) is 0 Å². The fraction of sp³-hybridized carbons (Fsp3) is 0.500. The zero-order valence-corrected chi connectivity index (χ0v) is 3.22. The van der Waals surface area contributed by atoms with Crippen LogP contribution in [0.25, 0.3) is 0 Å². The molecular weight excluding hydrogens is 80.8 g/mol. The normalized spacial score (nSPS) is 7.17. The summed E-state index contributed by atoms with van der Waals surface area (Å²) in [6.45, 7) is -0.194. The van der Waals surface area contributed by atoms with Crippen molar-refractivity contribution < 1.29 is 9.90 Å². The summed E-state index contributed by atoms with van der Waals surface area (Å²) in [5, 5.41) is 7.78. The number of carbonyl (C=O) groups is 1. The summed E-state index contributed by atoms with van der Waals surface area (Å²) in [6.07, 6.45) is 0. The molecule has 0 fully saturated rings. The van der Waals surface area contributed by atoms with E-state index >= 15 is 0 Å². The first-order valence-electron chi connectivity index (χ1n) is 1.41. The number of nitrogens with zero attached hydrogens (tertiary/aromatic N) is 1. The third kappa shape index (κ3) is 3.33. The third-order valence-electron chi connectivity index (χ3n) is 0.247. The molecule has 0 spiro atoms. The van der Waals surface area contributed by atoms with Crippen molar-refractivity contribution >= 4 is 13.6 Å². The molecule has 0 unspecified atom stereocenters. The molecule has 6 heavy (non-hydrogen) atoms. The van der Waals surface area contributed by atoms with Crippen LogP contribution in [0.5, 0.6) is 0 Å². The third-order valence-corrected chi connectivity index (χ3v) is 0.247. The van der Waals surface area contributed by atoms with Crippen molar-refractivity contribution in [1.29, 1.82) is 0 Å². The second-order valence-electron chi connectivity index (χ2n) is 0.775. The minimum atomic E-state index is -0.940. The Morgan fingerprint density at radius 3 is 2.50 bits per heavy atom. The van der Waals surface area contributed by atoms with E-state index in [1.54, 1.807) is 0 Å². The Labute approximate surface area is 36.1 Å². The van der Waals surface area contributed by atoms with Gasteiger partial charge in [0.15, 0.2) is 0 Å². The van der Waals surface area contributed by atoms with Gasteiger partial charge in [-0.25, -0.2) is 0 Å². The van der Waals surface area contributed by atoms with Crippen LogP contribution in [0.2, 0.25) is 0 Å². The van der Waals surface area contributed by atoms with Gasteiger partial charge in [-0.1, -0.05) is 0 Å². The molecule has 0 aliphatic carbocycles. The molecule has 0 aliphatic rings. The van der Waals surface area contributed by atoms with Crippen molar-refractivity contribution in [2.24, 2.45) is 4.90 Å². The van der Waals surface area contributed by atoms with Crippen molar-refractivity contribution in [2.45, 2.75) is 0 Å². The van der Waals surface area contributed by atoms with Gasteiger partial charge in [-0.15, -0.1) is 0 Å². The van der Waals surface area contributed by atoms with Crippen LogP contribution in [0.15, 0.2) is 4.90 Å². The van der Waals surface area contributed by atoms with Crippen molar-refractivity contribution in [3.8, 4) is 0 Å². The molecule has 3 nitrogen and oxygen atoms in total. The van der Waals surface area contributed by atoms with Crippen LogP contribution >= 0.6 is 0 Å². The molecule has 0 aromatic heterocycles. The number of hydrogen-bond acceptors (Lipinski definition) is 2. The molecule has 0 saturated heterocycles. The van der Waals surface area contributed by atoms with Gasteiger partial charge in [-0.05, 0) is 0 Å². The quantitative estimate of drug-likeness (QED) is 0.444. The second kappa shape index (κ2) is 2.57. The molecule has 0 saturated carbocycles. The summed E-state index contributed by atoms with van der Waals surface area (Å²) in [7, 11) is 2.97. The van der Waals surface area contributed by atoms with E-state index in [-0.39, 0.29) is 6.54 Å². The van der Waals surface area contributed by atoms with Crippen LogP contribution in [0.4, 0.5) is 0 Å². The van der Waals surface area contributed by atoms with Crippen LogP contribution in [-0.4, -0.2) is 25.3 Å². The molecule has 0 amide bonds. The molecule has 1 N–H and O–H groups in total. The SMILES string of the molecule is B=NCC(=O)O. The van der Waals surface area contributed by atoms with Crippen LogP contribution in [-0.2, 0) is 4.79 Å². The van der Waals surface area contributed by atoms with Gasteiger partial charge in [-0.3, -0.25) is 0 Å². The van der Waals surface area contributed by atoms with E-state index < -0.39 is 5.97 Å². The van der Waals surface area contributed by atoms with E-state index in [0.717, 1.165) is 0 Å². The Kier molecular flexibility index (Phi) is 2.28. The average molecular weight is 84.9 g/mol. The summed E-state index contributed by atoms with van der Waals surface area (Å²) in [4.78, 5) is 12.6. The molecule has 4 heteroatoms. The standard InChI is InChI=1S/C2H4BNO2/c3-4-1-2(5)6/h3H,1H2,(H,5,6). The Hall–Kier alpha value is -0.665. The van der Waals surface area contributed by atoms with E-state index in [4.69, 9.17) is 5.11 Å². The summed E-state index contributed by atoms with van der Waals surface area (Å²) < 4.78 is 0. The van der Waals surface area contributed by atoms with E-state index in [0.29, 0.717) is 0 Å². The minimum absolute atomic E-state index is 0.194. The van der Waals surface area contributed by atoms with Crippen LogP contribution in [0.1, 0.15) is 0 Å². The predicted octanol–water partition coefficient (Wildman–Crippen LogP) is -0.845. The van der Waals surface area contributed by atoms with Gasteiger partial charge >= 0.3 is 34.9 Å². The molecule has 0 radical (unpaired) electrons. The maximum absolute atomic E-state index is 9.47. The zero-order chi connectivity index (χ0) is 4.99. The molecule has 32 valence electrons. The van der Waals surface area contributed by atoms with Gasteiger partial charge < -0.3 is 0 Å². The number of carboxylic acid groups (broad SMARTS) is 1. The molecule has 0 atom stereocenters. The summed E-state index contributed by atoms with van der Waals surface area (Å²) in [6, 6.07) is 0. The Balaban J connectivity index is 3.05. The fourth-order valence-electron chi connectivity index (χ4n) is 0.0956. The molecule has 0 aromatic carbocycles. The molecular formula is C2H4BNO2. The summed E-state index contributed by atoms with van der Waals surface area (Å²) in [5.74, 6) is -0.940. The van der Waals surface area contributed by atoms with Crippen LogP contribution in [0.3, 0.4) is 0 Å². The van der Waals surface area contributed by atoms with Gasteiger partial charge in [-0.2, -0.15) is 0 Å². The predicted molar refractivity (Wildman–Crippen MR) is 22.1 cm³/mol. The second-order valence-corrected chi connectivity index (χ2v) is 0.775. The van der Waals surface area contributed by atoms with Crippen molar-refractivity contribution in [3.05, 3.63) is 0 Å². The zero-order valence-electron chi connectivity index (χ0n) is 3.22. The first-order valence-corrected chi connectivity index (χ1v) is 1.41. The van der Waals surface area contributed by atoms with Gasteiger partial charge in [0.25, 0.3) is 0 Å². The van der Waals surface area contributed by atoms with E-state index in [9.17, 15) is 4.79 Å². The fourth-order valence-corrected chi connectivity index (χ4v) is 0.0956. The summed E-state index contributed by atoms with van der Waals surface area (Å²) >= 11 is 0. The van der Waals surface area contributed by atoms with Crippen molar-refractivity contribution in [1.82, 2.24) is 0 Å². The van der Waals surface area contributed by atoms with Gasteiger partial charge in [0.05, 0.1) is 0 Å². The van der Waals surface area contributed by atoms with Gasteiger partial charge in [0.2, 0.25) is 0 Å². The Bertz CT molecular complexity index is 71.9. The monoisotopic (exact) mass is 85.0 g/mol. The number of aliphatic carboxylic acids is 1. The topological polar surface area (TPSA) is 49.7 Å². The first-order chi connectivity index (χ1) is 2.77. The van der Waals surface area contributed by atoms with Gasteiger partial charge in [0.1, 0.15) is 0 Å². The van der Waals surface area contributed by atoms with E-state index in [1.165, 1.54) is 0 Å². The molecule has 0 bridgehead atoms. The first kappa shape index (κ1) is 5.33. The molecule has 0 aliphatic heterocycles. The maximum atomic E-state index is 9.47. The number of hydrogen-bond donors (Lipinski definition) is 1. The van der Waals surface area contributed by atoms with Crippen molar-refractivity contribution in [2.75, 3.05) is 6.54 Å². The van der Waals surface area contributed by atoms with Crippen LogP contribution in [0, 0.1) is 0 Å². The Morgan fingerprint density at radius 1 is 2.00 bits per heavy atom. The summed E-state index contributed by atoms with van der Waals surface area (Å²) in [5.41, 5.74) is 0. The Morgan fingerprint density at radius 2 is 2.50 bits per heavy atom.